The van der Waals surface area contributed by atoms with Crippen LogP contribution in [0.5, 0.6) is 0 Å². The van der Waals surface area contributed by atoms with Gasteiger partial charge in [-0.3, -0.25) is 0 Å². The van der Waals surface area contributed by atoms with Crippen LogP contribution in [-0.4, -0.2) is 10.9 Å². The SMILES string of the molecule is C=C(c1ccccc1)c1cc(Cl)ccc1SC(=O)OC(C)(C)C. The summed E-state index contributed by atoms with van der Waals surface area (Å²) in [4.78, 5) is 12.9. The van der Waals surface area contributed by atoms with E-state index in [4.69, 9.17) is 16.3 Å². The fourth-order valence-electron chi connectivity index (χ4n) is 1.98. The van der Waals surface area contributed by atoms with Gasteiger partial charge in [0.15, 0.2) is 0 Å². The lowest BCUT2D eigenvalue weighted by molar-refractivity contribution is 0.0738. The van der Waals surface area contributed by atoms with Crippen LogP contribution in [-0.2, 0) is 4.74 Å². The van der Waals surface area contributed by atoms with E-state index in [9.17, 15) is 4.79 Å². The molecule has 2 nitrogen and oxygen atoms in total. The third-order valence-electron chi connectivity index (χ3n) is 2.97. The second kappa shape index (κ2) is 7.24. The van der Waals surface area contributed by atoms with Crippen LogP contribution >= 0.6 is 23.4 Å². The second-order valence-corrected chi connectivity index (χ2v) is 7.47. The van der Waals surface area contributed by atoms with Gasteiger partial charge >= 0.3 is 5.30 Å². The molecule has 0 saturated carbocycles. The Balaban J connectivity index is 2.31. The van der Waals surface area contributed by atoms with E-state index in [1.165, 1.54) is 0 Å². The summed E-state index contributed by atoms with van der Waals surface area (Å²) in [5, 5.41) is 0.257. The van der Waals surface area contributed by atoms with Gasteiger partial charge in [-0.25, -0.2) is 4.79 Å². The molecule has 0 aliphatic carbocycles. The number of hydrogen-bond acceptors (Lipinski definition) is 3. The minimum absolute atomic E-state index is 0.345. The third kappa shape index (κ3) is 5.15. The number of carbonyl (C=O) groups excluding carboxylic acids is 1. The molecule has 2 aromatic carbocycles. The first-order valence-electron chi connectivity index (χ1n) is 7.21. The quantitative estimate of drug-likeness (QED) is 0.473. The molecule has 0 N–H and O–H groups in total. The molecular formula is C19H19ClO2S. The first kappa shape index (κ1) is 17.6. The van der Waals surface area contributed by atoms with E-state index in [1.807, 2.05) is 63.2 Å². The normalized spacial score (nSPS) is 11.1. The number of carbonyl (C=O) groups is 1. The van der Waals surface area contributed by atoms with Crippen LogP contribution < -0.4 is 0 Å². The number of benzene rings is 2. The minimum Gasteiger partial charge on any atom is -0.452 e. The molecule has 0 radical (unpaired) electrons. The molecule has 0 spiro atoms. The summed E-state index contributed by atoms with van der Waals surface area (Å²) in [6.45, 7) is 9.69. The van der Waals surface area contributed by atoms with Crippen molar-refractivity contribution in [3.05, 3.63) is 71.3 Å². The highest BCUT2D eigenvalue weighted by molar-refractivity contribution is 8.13. The molecule has 0 atom stereocenters. The predicted molar refractivity (Wildman–Crippen MR) is 98.1 cm³/mol. The Hall–Kier alpha value is -1.71. The van der Waals surface area contributed by atoms with Crippen LogP contribution in [0.1, 0.15) is 31.9 Å². The monoisotopic (exact) mass is 346 g/mol. The molecule has 0 aliphatic rings. The van der Waals surface area contributed by atoms with Gasteiger partial charge in [0.25, 0.3) is 0 Å². The Morgan fingerprint density at radius 3 is 2.39 bits per heavy atom. The van der Waals surface area contributed by atoms with Gasteiger partial charge in [0, 0.05) is 9.92 Å². The zero-order valence-electron chi connectivity index (χ0n) is 13.4. The summed E-state index contributed by atoms with van der Waals surface area (Å²) in [5.74, 6) is 0. The molecule has 0 aliphatic heterocycles. The van der Waals surface area contributed by atoms with Crippen molar-refractivity contribution < 1.29 is 9.53 Å². The number of thioether (sulfide) groups is 1. The number of rotatable bonds is 3. The van der Waals surface area contributed by atoms with E-state index in [1.54, 1.807) is 6.07 Å². The maximum Gasteiger partial charge on any atom is 0.372 e. The first-order valence-corrected chi connectivity index (χ1v) is 8.41. The van der Waals surface area contributed by atoms with E-state index in [0.717, 1.165) is 33.4 Å². The minimum atomic E-state index is -0.521. The van der Waals surface area contributed by atoms with Gasteiger partial charge in [-0.15, -0.1) is 0 Å². The topological polar surface area (TPSA) is 26.3 Å². The Morgan fingerprint density at radius 2 is 1.78 bits per heavy atom. The van der Waals surface area contributed by atoms with Gasteiger partial charge in [0.05, 0.1) is 0 Å². The first-order chi connectivity index (χ1) is 10.8. The van der Waals surface area contributed by atoms with Gasteiger partial charge in [-0.05, 0) is 67.4 Å². The molecule has 0 bridgehead atoms. The van der Waals surface area contributed by atoms with Crippen molar-refractivity contribution in [3.8, 4) is 0 Å². The summed E-state index contributed by atoms with van der Waals surface area (Å²) in [7, 11) is 0. The molecule has 0 saturated heterocycles. The molecule has 120 valence electrons. The van der Waals surface area contributed by atoms with Crippen molar-refractivity contribution in [1.82, 2.24) is 0 Å². The van der Waals surface area contributed by atoms with Crippen molar-refractivity contribution in [2.75, 3.05) is 0 Å². The summed E-state index contributed by atoms with van der Waals surface area (Å²) >= 11 is 7.17. The van der Waals surface area contributed by atoms with Crippen LogP contribution in [0.4, 0.5) is 4.79 Å². The highest BCUT2D eigenvalue weighted by Crippen LogP contribution is 2.34. The van der Waals surface area contributed by atoms with Gasteiger partial charge in [0.1, 0.15) is 5.60 Å². The van der Waals surface area contributed by atoms with E-state index in [2.05, 4.69) is 6.58 Å². The summed E-state index contributed by atoms with van der Waals surface area (Å²) < 4.78 is 5.37. The van der Waals surface area contributed by atoms with Crippen molar-refractivity contribution in [3.63, 3.8) is 0 Å². The predicted octanol–water partition coefficient (Wildman–Crippen LogP) is 6.43. The Kier molecular flexibility index (Phi) is 5.55. The van der Waals surface area contributed by atoms with Crippen molar-refractivity contribution in [2.24, 2.45) is 0 Å². The van der Waals surface area contributed by atoms with E-state index in [-0.39, 0.29) is 5.30 Å². The molecule has 0 heterocycles. The number of hydrogen-bond donors (Lipinski definition) is 0. The zero-order chi connectivity index (χ0) is 17.0. The Morgan fingerprint density at radius 1 is 1.13 bits per heavy atom. The lowest BCUT2D eigenvalue weighted by atomic mass is 10.00. The molecule has 4 heteroatoms. The number of halogens is 1. The lowest BCUT2D eigenvalue weighted by Gasteiger charge is -2.19. The highest BCUT2D eigenvalue weighted by Gasteiger charge is 2.19. The fourth-order valence-corrected chi connectivity index (χ4v) is 3.05. The van der Waals surface area contributed by atoms with Crippen LogP contribution in [0.15, 0.2) is 60.0 Å². The molecule has 0 amide bonds. The van der Waals surface area contributed by atoms with Gasteiger partial charge in [-0.2, -0.15) is 0 Å². The summed E-state index contributed by atoms with van der Waals surface area (Å²) in [6, 6.07) is 15.2. The van der Waals surface area contributed by atoms with Crippen molar-refractivity contribution in [2.45, 2.75) is 31.3 Å². The van der Waals surface area contributed by atoms with Crippen molar-refractivity contribution >= 4 is 34.2 Å². The average Bonchev–Trinajstić information content (AvgIpc) is 2.47. The van der Waals surface area contributed by atoms with Gasteiger partial charge < -0.3 is 4.74 Å². The van der Waals surface area contributed by atoms with E-state index in [0.29, 0.717) is 5.02 Å². The lowest BCUT2D eigenvalue weighted by Crippen LogP contribution is -2.21. The standard InChI is InChI=1S/C19H19ClO2S/c1-13(14-8-6-5-7-9-14)16-12-15(20)10-11-17(16)23-18(21)22-19(2,3)4/h5-12H,1H2,2-4H3. The number of ether oxygens (including phenoxy) is 1. The van der Waals surface area contributed by atoms with E-state index >= 15 is 0 Å². The molecule has 0 aromatic heterocycles. The fraction of sp³-hybridized carbons (Fsp3) is 0.211. The Labute approximate surface area is 146 Å². The molecule has 2 aromatic rings. The van der Waals surface area contributed by atoms with Crippen LogP contribution in [0, 0.1) is 0 Å². The smallest absolute Gasteiger partial charge is 0.372 e. The summed E-state index contributed by atoms with van der Waals surface area (Å²) in [5.41, 5.74) is 2.12. The molecule has 0 unspecified atom stereocenters. The average molecular weight is 347 g/mol. The maximum atomic E-state index is 12.1. The van der Waals surface area contributed by atoms with Crippen LogP contribution in [0.3, 0.4) is 0 Å². The zero-order valence-corrected chi connectivity index (χ0v) is 15.0. The molecule has 2 rings (SSSR count). The largest absolute Gasteiger partial charge is 0.452 e. The molecule has 0 fully saturated rings. The third-order valence-corrected chi connectivity index (χ3v) is 4.03. The second-order valence-electron chi connectivity index (χ2n) is 6.05. The van der Waals surface area contributed by atoms with Gasteiger partial charge in [0.2, 0.25) is 0 Å². The van der Waals surface area contributed by atoms with Crippen LogP contribution in [0.25, 0.3) is 5.57 Å². The summed E-state index contributed by atoms with van der Waals surface area (Å²) in [6.07, 6.45) is 0. The molecule has 23 heavy (non-hydrogen) atoms. The maximum absolute atomic E-state index is 12.1. The Bertz CT molecular complexity index is 718. The molecular weight excluding hydrogens is 328 g/mol. The highest BCUT2D eigenvalue weighted by atomic mass is 35.5. The van der Waals surface area contributed by atoms with Crippen molar-refractivity contribution in [1.29, 1.82) is 0 Å². The van der Waals surface area contributed by atoms with Gasteiger partial charge in [-0.1, -0.05) is 48.5 Å². The van der Waals surface area contributed by atoms with E-state index < -0.39 is 5.60 Å². The van der Waals surface area contributed by atoms with Crippen LogP contribution in [0.2, 0.25) is 5.02 Å².